The minimum Gasteiger partial charge on any atom is -0.371 e. The molecule has 4 heteroatoms. The van der Waals surface area contributed by atoms with Crippen LogP contribution in [0.5, 0.6) is 0 Å². The number of piperidine rings is 2. The molecule has 0 aliphatic carbocycles. The van der Waals surface area contributed by atoms with Gasteiger partial charge in [-0.25, -0.2) is 0 Å². The van der Waals surface area contributed by atoms with E-state index in [1.807, 2.05) is 0 Å². The molecule has 1 atom stereocenters. The van der Waals surface area contributed by atoms with Gasteiger partial charge in [-0.1, -0.05) is 18.2 Å². The lowest BCUT2D eigenvalue weighted by atomic mass is 9.97. The Morgan fingerprint density at radius 1 is 1.14 bits per heavy atom. The van der Waals surface area contributed by atoms with Crippen molar-refractivity contribution >= 4 is 11.6 Å². The van der Waals surface area contributed by atoms with Crippen LogP contribution in [-0.2, 0) is 4.79 Å². The highest BCUT2D eigenvalue weighted by molar-refractivity contribution is 5.79. The monoisotopic (exact) mass is 287 g/mol. The van der Waals surface area contributed by atoms with E-state index in [-0.39, 0.29) is 11.8 Å². The summed E-state index contributed by atoms with van der Waals surface area (Å²) in [6.07, 6.45) is 4.23. The van der Waals surface area contributed by atoms with Crippen LogP contribution in [0.15, 0.2) is 30.3 Å². The minimum atomic E-state index is 0.172. The fourth-order valence-electron chi connectivity index (χ4n) is 3.32. The van der Waals surface area contributed by atoms with Crippen molar-refractivity contribution < 1.29 is 4.79 Å². The zero-order valence-corrected chi connectivity index (χ0v) is 12.6. The van der Waals surface area contributed by atoms with E-state index in [2.05, 4.69) is 45.9 Å². The average Bonchev–Trinajstić information content (AvgIpc) is 2.57. The Morgan fingerprint density at radius 2 is 1.90 bits per heavy atom. The number of rotatable bonds is 3. The van der Waals surface area contributed by atoms with Crippen molar-refractivity contribution in [2.45, 2.75) is 31.7 Å². The molecule has 0 spiro atoms. The van der Waals surface area contributed by atoms with Gasteiger partial charge in [0.2, 0.25) is 5.91 Å². The molecule has 3 rings (SSSR count). The summed E-state index contributed by atoms with van der Waals surface area (Å²) in [5.74, 6) is 0.422. The Hall–Kier alpha value is -1.55. The first-order valence-electron chi connectivity index (χ1n) is 8.14. The fraction of sp³-hybridized carbons (Fsp3) is 0.588. The van der Waals surface area contributed by atoms with Gasteiger partial charge in [0.1, 0.15) is 0 Å². The second-order valence-electron chi connectivity index (χ2n) is 6.15. The first-order valence-corrected chi connectivity index (χ1v) is 8.14. The molecule has 1 aromatic carbocycles. The number of carbonyl (C=O) groups excluding carboxylic acids is 1. The molecule has 0 saturated carbocycles. The van der Waals surface area contributed by atoms with Crippen LogP contribution in [0, 0.1) is 5.92 Å². The zero-order valence-electron chi connectivity index (χ0n) is 12.6. The van der Waals surface area contributed by atoms with Crippen molar-refractivity contribution in [1.82, 2.24) is 10.6 Å². The summed E-state index contributed by atoms with van der Waals surface area (Å²) in [7, 11) is 0. The van der Waals surface area contributed by atoms with Crippen molar-refractivity contribution in [3.63, 3.8) is 0 Å². The first-order chi connectivity index (χ1) is 10.3. The minimum absolute atomic E-state index is 0.172. The highest BCUT2D eigenvalue weighted by Crippen LogP contribution is 2.20. The van der Waals surface area contributed by atoms with Gasteiger partial charge < -0.3 is 15.5 Å². The number of hydrogen-bond donors (Lipinski definition) is 2. The molecule has 21 heavy (non-hydrogen) atoms. The van der Waals surface area contributed by atoms with Gasteiger partial charge in [0.15, 0.2) is 0 Å². The van der Waals surface area contributed by atoms with Crippen molar-refractivity contribution in [2.24, 2.45) is 5.92 Å². The molecular formula is C17H25N3O. The summed E-state index contributed by atoms with van der Waals surface area (Å²) in [5.41, 5.74) is 1.29. The lowest BCUT2D eigenvalue weighted by Crippen LogP contribution is -2.48. The number of para-hydroxylation sites is 1. The standard InChI is InChI=1S/C17H25N3O/c21-17(14-5-4-10-18-13-14)19-15-8-11-20(12-9-15)16-6-2-1-3-7-16/h1-3,6-7,14-15,18H,4-5,8-13H2,(H,19,21). The molecule has 2 saturated heterocycles. The van der Waals surface area contributed by atoms with Crippen molar-refractivity contribution in [2.75, 3.05) is 31.1 Å². The molecule has 2 heterocycles. The van der Waals surface area contributed by atoms with E-state index in [1.54, 1.807) is 0 Å². The Morgan fingerprint density at radius 3 is 2.57 bits per heavy atom. The normalized spacial score (nSPS) is 23.8. The van der Waals surface area contributed by atoms with Crippen LogP contribution in [0.1, 0.15) is 25.7 Å². The maximum atomic E-state index is 12.3. The van der Waals surface area contributed by atoms with Crippen LogP contribution in [0.25, 0.3) is 0 Å². The van der Waals surface area contributed by atoms with Gasteiger partial charge >= 0.3 is 0 Å². The lowest BCUT2D eigenvalue weighted by Gasteiger charge is -2.35. The van der Waals surface area contributed by atoms with E-state index >= 15 is 0 Å². The molecule has 2 fully saturated rings. The second kappa shape index (κ2) is 6.94. The predicted molar refractivity (Wildman–Crippen MR) is 85.4 cm³/mol. The summed E-state index contributed by atoms with van der Waals surface area (Å²) in [6.45, 7) is 3.95. The topological polar surface area (TPSA) is 44.4 Å². The van der Waals surface area contributed by atoms with E-state index < -0.39 is 0 Å². The Labute approximate surface area is 126 Å². The van der Waals surface area contributed by atoms with Crippen LogP contribution in [-0.4, -0.2) is 38.1 Å². The van der Waals surface area contributed by atoms with E-state index in [0.29, 0.717) is 6.04 Å². The van der Waals surface area contributed by atoms with Crippen LogP contribution >= 0.6 is 0 Å². The number of hydrogen-bond acceptors (Lipinski definition) is 3. The van der Waals surface area contributed by atoms with Crippen LogP contribution < -0.4 is 15.5 Å². The number of nitrogens with zero attached hydrogens (tertiary/aromatic N) is 1. The molecule has 0 aromatic heterocycles. The number of nitrogens with one attached hydrogen (secondary N) is 2. The number of amides is 1. The highest BCUT2D eigenvalue weighted by Gasteiger charge is 2.25. The number of benzene rings is 1. The van der Waals surface area contributed by atoms with Crippen LogP contribution in [0.2, 0.25) is 0 Å². The third kappa shape index (κ3) is 3.76. The van der Waals surface area contributed by atoms with Crippen molar-refractivity contribution in [3.8, 4) is 0 Å². The molecule has 1 unspecified atom stereocenters. The summed E-state index contributed by atoms with van der Waals surface area (Å²) >= 11 is 0. The quantitative estimate of drug-likeness (QED) is 0.890. The Balaban J connectivity index is 1.46. The van der Waals surface area contributed by atoms with Crippen LogP contribution in [0.4, 0.5) is 5.69 Å². The summed E-state index contributed by atoms with van der Waals surface area (Å²) in [5, 5.41) is 6.57. The maximum absolute atomic E-state index is 12.3. The average molecular weight is 287 g/mol. The van der Waals surface area contributed by atoms with Gasteiger partial charge in [0.25, 0.3) is 0 Å². The zero-order chi connectivity index (χ0) is 14.5. The molecule has 4 nitrogen and oxygen atoms in total. The van der Waals surface area contributed by atoms with Crippen molar-refractivity contribution in [1.29, 1.82) is 0 Å². The Kier molecular flexibility index (Phi) is 4.76. The largest absolute Gasteiger partial charge is 0.371 e. The molecule has 0 radical (unpaired) electrons. The molecule has 1 aromatic rings. The fourth-order valence-corrected chi connectivity index (χ4v) is 3.32. The van der Waals surface area contributed by atoms with Gasteiger partial charge in [0.05, 0.1) is 5.92 Å². The molecular weight excluding hydrogens is 262 g/mol. The Bertz CT molecular complexity index is 448. The molecule has 2 aliphatic heterocycles. The lowest BCUT2D eigenvalue weighted by molar-refractivity contribution is -0.126. The number of anilines is 1. The third-order valence-electron chi connectivity index (χ3n) is 4.63. The first kappa shape index (κ1) is 14.4. The van der Waals surface area contributed by atoms with E-state index in [9.17, 15) is 4.79 Å². The molecule has 2 aliphatic rings. The maximum Gasteiger partial charge on any atom is 0.224 e. The summed E-state index contributed by atoms with van der Waals surface area (Å²) in [6, 6.07) is 10.9. The molecule has 0 bridgehead atoms. The third-order valence-corrected chi connectivity index (χ3v) is 4.63. The molecule has 2 N–H and O–H groups in total. The van der Waals surface area contributed by atoms with E-state index in [0.717, 1.165) is 51.9 Å². The van der Waals surface area contributed by atoms with Crippen LogP contribution in [0.3, 0.4) is 0 Å². The van der Waals surface area contributed by atoms with Crippen molar-refractivity contribution in [3.05, 3.63) is 30.3 Å². The predicted octanol–water partition coefficient (Wildman–Crippen LogP) is 1.77. The number of carbonyl (C=O) groups is 1. The van der Waals surface area contributed by atoms with Gasteiger partial charge in [-0.3, -0.25) is 4.79 Å². The van der Waals surface area contributed by atoms with E-state index in [4.69, 9.17) is 0 Å². The van der Waals surface area contributed by atoms with Gasteiger partial charge in [0, 0.05) is 31.4 Å². The molecule has 1 amide bonds. The second-order valence-corrected chi connectivity index (χ2v) is 6.15. The molecule has 114 valence electrons. The van der Waals surface area contributed by atoms with E-state index in [1.165, 1.54) is 5.69 Å². The summed E-state index contributed by atoms with van der Waals surface area (Å²) < 4.78 is 0. The smallest absolute Gasteiger partial charge is 0.224 e. The van der Waals surface area contributed by atoms with Gasteiger partial charge in [-0.05, 0) is 44.4 Å². The van der Waals surface area contributed by atoms with Gasteiger partial charge in [-0.2, -0.15) is 0 Å². The SMILES string of the molecule is O=C(NC1CCN(c2ccccc2)CC1)C1CCCNC1. The highest BCUT2D eigenvalue weighted by atomic mass is 16.2. The summed E-state index contributed by atoms with van der Waals surface area (Å²) in [4.78, 5) is 14.7. The van der Waals surface area contributed by atoms with Gasteiger partial charge in [-0.15, -0.1) is 0 Å².